The van der Waals surface area contributed by atoms with E-state index in [1.807, 2.05) is 34.0 Å². The summed E-state index contributed by atoms with van der Waals surface area (Å²) in [5.74, 6) is 0.681. The summed E-state index contributed by atoms with van der Waals surface area (Å²) < 4.78 is 5.72. The number of nitrogens with one attached hydrogen (secondary N) is 1. The molecule has 1 heterocycles. The zero-order valence-electron chi connectivity index (χ0n) is 15.1. The molecule has 0 bridgehead atoms. The van der Waals surface area contributed by atoms with Crippen LogP contribution in [0, 0.1) is 20.8 Å². The van der Waals surface area contributed by atoms with E-state index in [1.54, 1.807) is 11.3 Å². The van der Waals surface area contributed by atoms with E-state index in [-0.39, 0.29) is 18.6 Å². The van der Waals surface area contributed by atoms with Crippen LogP contribution in [0.1, 0.15) is 28.3 Å². The summed E-state index contributed by atoms with van der Waals surface area (Å²) in [5.41, 5.74) is 4.61. The Labute approximate surface area is 148 Å². The van der Waals surface area contributed by atoms with Crippen molar-refractivity contribution in [2.45, 2.75) is 26.8 Å². The number of hydrogen-bond donors (Lipinski definition) is 1. The number of benzene rings is 1. The molecule has 24 heavy (non-hydrogen) atoms. The van der Waals surface area contributed by atoms with Crippen LogP contribution < -0.4 is 10.1 Å². The first kappa shape index (κ1) is 18.5. The van der Waals surface area contributed by atoms with Crippen molar-refractivity contribution < 1.29 is 9.53 Å². The van der Waals surface area contributed by atoms with Gasteiger partial charge in [-0.05, 0) is 80.0 Å². The predicted molar refractivity (Wildman–Crippen MR) is 99.9 cm³/mol. The summed E-state index contributed by atoms with van der Waals surface area (Å²) in [7, 11) is 4.04. The van der Waals surface area contributed by atoms with Crippen molar-refractivity contribution >= 4 is 17.2 Å². The van der Waals surface area contributed by atoms with Crippen molar-refractivity contribution in [1.29, 1.82) is 0 Å². The van der Waals surface area contributed by atoms with E-state index in [0.717, 1.165) is 16.9 Å². The maximum Gasteiger partial charge on any atom is 0.258 e. The van der Waals surface area contributed by atoms with Gasteiger partial charge in [-0.2, -0.15) is 11.3 Å². The fourth-order valence-corrected chi connectivity index (χ4v) is 3.33. The third-order valence-corrected chi connectivity index (χ3v) is 4.87. The van der Waals surface area contributed by atoms with Crippen LogP contribution in [-0.2, 0) is 4.79 Å². The highest BCUT2D eigenvalue weighted by Crippen LogP contribution is 2.23. The Balaban J connectivity index is 1.89. The molecule has 5 heteroatoms. The molecule has 0 fully saturated rings. The molecule has 0 radical (unpaired) electrons. The number of thiophene rings is 1. The Morgan fingerprint density at radius 2 is 2.04 bits per heavy atom. The topological polar surface area (TPSA) is 41.6 Å². The SMILES string of the molecule is Cc1cc(C)c(C)c(OCC(=O)NCC(c2ccsc2)N(C)C)c1. The lowest BCUT2D eigenvalue weighted by molar-refractivity contribution is -0.123. The minimum atomic E-state index is -0.101. The molecule has 1 amide bonds. The molecule has 0 aliphatic heterocycles. The van der Waals surface area contributed by atoms with Crippen molar-refractivity contribution in [1.82, 2.24) is 10.2 Å². The number of ether oxygens (including phenoxy) is 1. The van der Waals surface area contributed by atoms with Crippen molar-refractivity contribution in [2.75, 3.05) is 27.2 Å². The molecule has 1 aromatic carbocycles. The molecule has 0 aliphatic carbocycles. The average Bonchev–Trinajstić information content (AvgIpc) is 3.03. The van der Waals surface area contributed by atoms with Gasteiger partial charge in [-0.3, -0.25) is 4.79 Å². The van der Waals surface area contributed by atoms with Crippen LogP contribution in [0.15, 0.2) is 29.0 Å². The molecule has 0 aliphatic rings. The fourth-order valence-electron chi connectivity index (χ4n) is 2.62. The summed E-state index contributed by atoms with van der Waals surface area (Å²) in [6.07, 6.45) is 0. The van der Waals surface area contributed by atoms with Crippen molar-refractivity contribution in [3.63, 3.8) is 0 Å². The summed E-state index contributed by atoms with van der Waals surface area (Å²) in [6.45, 7) is 6.70. The van der Waals surface area contributed by atoms with E-state index in [1.165, 1.54) is 11.1 Å². The van der Waals surface area contributed by atoms with Crippen LogP contribution >= 0.6 is 11.3 Å². The zero-order valence-corrected chi connectivity index (χ0v) is 15.9. The third-order valence-electron chi connectivity index (χ3n) is 4.17. The molecular weight excluding hydrogens is 320 g/mol. The van der Waals surface area contributed by atoms with E-state index in [4.69, 9.17) is 4.74 Å². The second-order valence-corrected chi connectivity index (χ2v) is 7.11. The summed E-state index contributed by atoms with van der Waals surface area (Å²) in [6, 6.07) is 6.36. The first-order valence-electron chi connectivity index (χ1n) is 8.04. The van der Waals surface area contributed by atoms with Gasteiger partial charge in [0, 0.05) is 6.54 Å². The molecule has 1 aromatic heterocycles. The van der Waals surface area contributed by atoms with E-state index >= 15 is 0 Å². The maximum atomic E-state index is 12.1. The minimum absolute atomic E-state index is 0.0352. The van der Waals surface area contributed by atoms with E-state index in [9.17, 15) is 4.79 Å². The quantitative estimate of drug-likeness (QED) is 0.835. The first-order valence-corrected chi connectivity index (χ1v) is 8.98. The number of aryl methyl sites for hydroxylation is 2. The maximum absolute atomic E-state index is 12.1. The lowest BCUT2D eigenvalue weighted by atomic mass is 10.1. The van der Waals surface area contributed by atoms with Gasteiger partial charge in [-0.25, -0.2) is 0 Å². The predicted octanol–water partition coefficient (Wildman–Crippen LogP) is 3.47. The highest BCUT2D eigenvalue weighted by atomic mass is 32.1. The molecular formula is C19H26N2O2S. The Bertz CT molecular complexity index is 681. The Kier molecular flexibility index (Phi) is 6.40. The van der Waals surface area contributed by atoms with Gasteiger partial charge in [0.25, 0.3) is 5.91 Å². The molecule has 1 N–H and O–H groups in total. The highest BCUT2D eigenvalue weighted by molar-refractivity contribution is 7.07. The van der Waals surface area contributed by atoms with Crippen LogP contribution in [0.4, 0.5) is 0 Å². The normalized spacial score (nSPS) is 12.2. The van der Waals surface area contributed by atoms with Gasteiger partial charge in [0.05, 0.1) is 6.04 Å². The summed E-state index contributed by atoms with van der Waals surface area (Å²) >= 11 is 1.67. The second-order valence-electron chi connectivity index (χ2n) is 6.33. The van der Waals surface area contributed by atoms with E-state index < -0.39 is 0 Å². The number of rotatable bonds is 7. The third kappa shape index (κ3) is 4.82. The van der Waals surface area contributed by atoms with Gasteiger partial charge in [0.15, 0.2) is 6.61 Å². The number of carbonyl (C=O) groups is 1. The lowest BCUT2D eigenvalue weighted by Gasteiger charge is -2.24. The van der Waals surface area contributed by atoms with Crippen LogP contribution in [-0.4, -0.2) is 38.1 Å². The van der Waals surface area contributed by atoms with Gasteiger partial charge < -0.3 is 15.0 Å². The second kappa shape index (κ2) is 8.31. The number of amides is 1. The average molecular weight is 346 g/mol. The Morgan fingerprint density at radius 3 is 2.67 bits per heavy atom. The number of carbonyl (C=O) groups excluding carboxylic acids is 1. The molecule has 0 saturated carbocycles. The standard InChI is InChI=1S/C19H26N2O2S/c1-13-8-14(2)15(3)18(9-13)23-11-19(22)20-10-17(21(4)5)16-6-7-24-12-16/h6-9,12,17H,10-11H2,1-5H3,(H,20,22). The van der Waals surface area contributed by atoms with Crippen LogP contribution in [0.3, 0.4) is 0 Å². The van der Waals surface area contributed by atoms with E-state index in [0.29, 0.717) is 6.54 Å². The molecule has 2 rings (SSSR count). The van der Waals surface area contributed by atoms with Crippen LogP contribution in [0.5, 0.6) is 5.75 Å². The molecule has 1 unspecified atom stereocenters. The highest BCUT2D eigenvalue weighted by Gasteiger charge is 2.16. The van der Waals surface area contributed by atoms with Gasteiger partial charge in [-0.1, -0.05) is 6.07 Å². The van der Waals surface area contributed by atoms with Gasteiger partial charge in [-0.15, -0.1) is 0 Å². The largest absolute Gasteiger partial charge is 0.483 e. The van der Waals surface area contributed by atoms with Gasteiger partial charge in [0.2, 0.25) is 0 Å². The van der Waals surface area contributed by atoms with Gasteiger partial charge >= 0.3 is 0 Å². The lowest BCUT2D eigenvalue weighted by Crippen LogP contribution is -2.36. The summed E-state index contributed by atoms with van der Waals surface area (Å²) in [5, 5.41) is 7.14. The Morgan fingerprint density at radius 1 is 1.29 bits per heavy atom. The van der Waals surface area contributed by atoms with Crippen molar-refractivity contribution in [2.24, 2.45) is 0 Å². The molecule has 2 aromatic rings. The monoisotopic (exact) mass is 346 g/mol. The van der Waals surface area contributed by atoms with Gasteiger partial charge in [0.1, 0.15) is 5.75 Å². The summed E-state index contributed by atoms with van der Waals surface area (Å²) in [4.78, 5) is 14.3. The molecule has 4 nitrogen and oxygen atoms in total. The number of nitrogens with zero attached hydrogens (tertiary/aromatic N) is 1. The molecule has 1 atom stereocenters. The van der Waals surface area contributed by atoms with Crippen molar-refractivity contribution in [3.8, 4) is 5.75 Å². The van der Waals surface area contributed by atoms with Crippen LogP contribution in [0.25, 0.3) is 0 Å². The molecule has 0 saturated heterocycles. The fraction of sp³-hybridized carbons (Fsp3) is 0.421. The molecule has 0 spiro atoms. The minimum Gasteiger partial charge on any atom is -0.483 e. The zero-order chi connectivity index (χ0) is 17.7. The number of hydrogen-bond acceptors (Lipinski definition) is 4. The Hall–Kier alpha value is -1.85. The molecule has 130 valence electrons. The van der Waals surface area contributed by atoms with Crippen LogP contribution in [0.2, 0.25) is 0 Å². The smallest absolute Gasteiger partial charge is 0.258 e. The van der Waals surface area contributed by atoms with Crippen molar-refractivity contribution in [3.05, 3.63) is 51.2 Å². The number of likely N-dealkylation sites (N-methyl/N-ethyl adjacent to an activating group) is 1. The van der Waals surface area contributed by atoms with E-state index in [2.05, 4.69) is 40.0 Å². The first-order chi connectivity index (χ1) is 11.4.